The summed E-state index contributed by atoms with van der Waals surface area (Å²) in [7, 11) is 0. The number of halogens is 4. The Morgan fingerprint density at radius 1 is 1.19 bits per heavy atom. The summed E-state index contributed by atoms with van der Waals surface area (Å²) in [5, 5.41) is 8.79. The molecule has 1 atom stereocenters. The Kier molecular flexibility index (Phi) is 6.94. The highest BCUT2D eigenvalue weighted by Crippen LogP contribution is 2.32. The number of benzene rings is 1. The minimum absolute atomic E-state index is 0.0351. The van der Waals surface area contributed by atoms with E-state index in [-0.39, 0.29) is 22.6 Å². The molecule has 2 heterocycles. The van der Waals surface area contributed by atoms with Crippen LogP contribution in [0.2, 0.25) is 5.15 Å². The molecule has 1 amide bonds. The molecular formula is C21H21ClF3N5O. The van der Waals surface area contributed by atoms with Crippen LogP contribution < -0.4 is 5.32 Å². The molecule has 31 heavy (non-hydrogen) atoms. The fourth-order valence-corrected chi connectivity index (χ4v) is 3.46. The number of H-pyrrole nitrogens is 1. The van der Waals surface area contributed by atoms with E-state index in [2.05, 4.69) is 39.3 Å². The van der Waals surface area contributed by atoms with E-state index in [9.17, 15) is 18.0 Å². The minimum Gasteiger partial charge on any atom is -0.290 e. The van der Waals surface area contributed by atoms with Gasteiger partial charge in [0.05, 0.1) is 11.1 Å². The topological polar surface area (TPSA) is 83.6 Å². The lowest BCUT2D eigenvalue weighted by Crippen LogP contribution is -2.15. The second-order valence-electron chi connectivity index (χ2n) is 7.57. The summed E-state index contributed by atoms with van der Waals surface area (Å²) >= 11 is 5.84. The molecule has 0 saturated heterocycles. The molecule has 0 radical (unpaired) electrons. The number of nitrogens with zero attached hydrogens (tertiary/aromatic N) is 3. The summed E-state index contributed by atoms with van der Waals surface area (Å²) in [6.45, 7) is 4.11. The van der Waals surface area contributed by atoms with Crippen molar-refractivity contribution in [2.75, 3.05) is 5.32 Å². The number of aromatic amines is 1. The lowest BCUT2D eigenvalue weighted by atomic mass is 9.86. The molecule has 0 aliphatic rings. The average molecular weight is 452 g/mol. The monoisotopic (exact) mass is 451 g/mol. The third-order valence-electron chi connectivity index (χ3n) is 4.70. The predicted octanol–water partition coefficient (Wildman–Crippen LogP) is 5.50. The fourth-order valence-electron chi connectivity index (χ4n) is 3.27. The first kappa shape index (κ1) is 22.7. The van der Waals surface area contributed by atoms with Gasteiger partial charge in [-0.15, -0.1) is 0 Å². The van der Waals surface area contributed by atoms with Gasteiger partial charge in [0.25, 0.3) is 5.91 Å². The molecule has 0 fully saturated rings. The van der Waals surface area contributed by atoms with Crippen LogP contribution in [0.4, 0.5) is 19.1 Å². The predicted molar refractivity (Wildman–Crippen MR) is 111 cm³/mol. The van der Waals surface area contributed by atoms with Gasteiger partial charge in [-0.05, 0) is 48.4 Å². The van der Waals surface area contributed by atoms with Crippen molar-refractivity contribution in [3.8, 4) is 0 Å². The number of aromatic nitrogens is 4. The first-order chi connectivity index (χ1) is 14.6. The number of alkyl halides is 3. The number of hydrogen-bond acceptors (Lipinski definition) is 4. The Morgan fingerprint density at radius 3 is 2.48 bits per heavy atom. The third kappa shape index (κ3) is 6.04. The van der Waals surface area contributed by atoms with Crippen molar-refractivity contribution < 1.29 is 18.0 Å². The average Bonchev–Trinajstić information content (AvgIpc) is 3.13. The summed E-state index contributed by atoms with van der Waals surface area (Å²) in [6.07, 6.45) is -0.230. The number of anilines is 1. The minimum atomic E-state index is -4.37. The summed E-state index contributed by atoms with van der Waals surface area (Å²) < 4.78 is 38.7. The van der Waals surface area contributed by atoms with Crippen LogP contribution in [-0.2, 0) is 12.6 Å². The van der Waals surface area contributed by atoms with Gasteiger partial charge in [0.2, 0.25) is 5.95 Å². The van der Waals surface area contributed by atoms with Gasteiger partial charge in [-0.1, -0.05) is 37.6 Å². The lowest BCUT2D eigenvalue weighted by Gasteiger charge is -2.20. The maximum Gasteiger partial charge on any atom is 0.416 e. The van der Waals surface area contributed by atoms with Crippen molar-refractivity contribution in [2.45, 2.75) is 38.8 Å². The van der Waals surface area contributed by atoms with Crippen LogP contribution in [0.25, 0.3) is 0 Å². The number of rotatable bonds is 7. The summed E-state index contributed by atoms with van der Waals surface area (Å²) in [5.74, 6) is -0.103. The van der Waals surface area contributed by atoms with E-state index in [0.29, 0.717) is 18.0 Å². The Bertz CT molecular complexity index is 1030. The smallest absolute Gasteiger partial charge is 0.290 e. The van der Waals surface area contributed by atoms with E-state index >= 15 is 0 Å². The Balaban J connectivity index is 1.78. The van der Waals surface area contributed by atoms with Crippen LogP contribution in [0.3, 0.4) is 0 Å². The van der Waals surface area contributed by atoms with Crippen LogP contribution in [0, 0.1) is 5.92 Å². The number of nitrogens with one attached hydrogen (secondary N) is 2. The fraction of sp³-hybridized carbons (Fsp3) is 0.333. The number of carbonyl (C=O) groups is 1. The molecule has 0 bridgehead atoms. The summed E-state index contributed by atoms with van der Waals surface area (Å²) in [4.78, 5) is 20.7. The molecule has 0 aliphatic heterocycles. The Labute approximate surface area is 182 Å². The molecular weight excluding hydrogens is 431 g/mol. The quantitative estimate of drug-likeness (QED) is 0.497. The van der Waals surface area contributed by atoms with Gasteiger partial charge >= 0.3 is 6.18 Å². The highest BCUT2D eigenvalue weighted by molar-refractivity contribution is 6.33. The van der Waals surface area contributed by atoms with Gasteiger partial charge in [-0.3, -0.25) is 15.2 Å². The molecule has 1 aromatic carbocycles. The van der Waals surface area contributed by atoms with E-state index in [4.69, 9.17) is 11.6 Å². The van der Waals surface area contributed by atoms with E-state index < -0.39 is 17.6 Å². The first-order valence-electron chi connectivity index (χ1n) is 9.63. The molecule has 164 valence electrons. The van der Waals surface area contributed by atoms with Crippen molar-refractivity contribution in [3.05, 3.63) is 70.3 Å². The van der Waals surface area contributed by atoms with Gasteiger partial charge in [0.1, 0.15) is 0 Å². The molecule has 0 aliphatic carbocycles. The zero-order valence-electron chi connectivity index (χ0n) is 16.9. The number of amides is 1. The standard InChI is InChI=1S/C21H21ClF3N5O/c1-12(2)9-14(13-3-5-15(6-4-13)21(23,24)25)10-16-7-8-26-20(28-16)29-19(31)17-11-27-30-18(17)22/h3-8,11-12,14H,9-10H2,1-2H3,(H,27,30)(H,26,28,29,31). The Hall–Kier alpha value is -2.94. The van der Waals surface area contributed by atoms with E-state index in [0.717, 1.165) is 24.1 Å². The molecule has 3 aromatic rings. The van der Waals surface area contributed by atoms with Crippen molar-refractivity contribution in [3.63, 3.8) is 0 Å². The van der Waals surface area contributed by atoms with Crippen LogP contribution in [0.15, 0.2) is 42.7 Å². The van der Waals surface area contributed by atoms with Gasteiger partial charge in [-0.25, -0.2) is 9.97 Å². The van der Waals surface area contributed by atoms with E-state index in [1.807, 2.05) is 0 Å². The first-order valence-corrected chi connectivity index (χ1v) is 10.0. The molecule has 0 spiro atoms. The molecule has 1 unspecified atom stereocenters. The van der Waals surface area contributed by atoms with Crippen LogP contribution >= 0.6 is 11.6 Å². The van der Waals surface area contributed by atoms with Crippen molar-refractivity contribution in [1.82, 2.24) is 20.2 Å². The van der Waals surface area contributed by atoms with Crippen LogP contribution in [0.1, 0.15) is 53.4 Å². The summed E-state index contributed by atoms with van der Waals surface area (Å²) in [5.41, 5.74) is 0.952. The maximum absolute atomic E-state index is 12.9. The van der Waals surface area contributed by atoms with Gasteiger partial charge in [-0.2, -0.15) is 18.3 Å². The van der Waals surface area contributed by atoms with Crippen molar-refractivity contribution >= 4 is 23.5 Å². The van der Waals surface area contributed by atoms with Crippen molar-refractivity contribution in [2.24, 2.45) is 5.92 Å². The normalized spacial score (nSPS) is 12.7. The highest BCUT2D eigenvalue weighted by atomic mass is 35.5. The van der Waals surface area contributed by atoms with Crippen LogP contribution in [0.5, 0.6) is 0 Å². The molecule has 6 nitrogen and oxygen atoms in total. The number of hydrogen-bond donors (Lipinski definition) is 2. The Morgan fingerprint density at radius 2 is 1.90 bits per heavy atom. The lowest BCUT2D eigenvalue weighted by molar-refractivity contribution is -0.137. The molecule has 3 rings (SSSR count). The maximum atomic E-state index is 12.9. The van der Waals surface area contributed by atoms with E-state index in [1.165, 1.54) is 24.5 Å². The second-order valence-corrected chi connectivity index (χ2v) is 7.92. The largest absolute Gasteiger partial charge is 0.416 e. The molecule has 2 N–H and O–H groups in total. The summed E-state index contributed by atoms with van der Waals surface area (Å²) in [6, 6.07) is 6.95. The highest BCUT2D eigenvalue weighted by Gasteiger charge is 2.30. The SMILES string of the molecule is CC(C)CC(Cc1ccnc(NC(=O)c2c[nH]nc2Cl)n1)c1ccc(C(F)(F)F)cc1. The van der Waals surface area contributed by atoms with Crippen LogP contribution in [-0.4, -0.2) is 26.1 Å². The molecule has 10 heteroatoms. The second kappa shape index (κ2) is 9.47. The van der Waals surface area contributed by atoms with Crippen molar-refractivity contribution in [1.29, 1.82) is 0 Å². The third-order valence-corrected chi connectivity index (χ3v) is 4.99. The molecule has 2 aromatic heterocycles. The van der Waals surface area contributed by atoms with E-state index in [1.54, 1.807) is 6.07 Å². The zero-order chi connectivity index (χ0) is 22.6. The van der Waals surface area contributed by atoms with Gasteiger partial charge in [0, 0.05) is 18.1 Å². The van der Waals surface area contributed by atoms with Gasteiger partial charge in [0.15, 0.2) is 5.15 Å². The van der Waals surface area contributed by atoms with Gasteiger partial charge < -0.3 is 0 Å². The number of carbonyl (C=O) groups excluding carboxylic acids is 1. The zero-order valence-corrected chi connectivity index (χ0v) is 17.6. The molecule has 0 saturated carbocycles.